The third-order valence-electron chi connectivity index (χ3n) is 5.32. The van der Waals surface area contributed by atoms with E-state index in [9.17, 15) is 14.7 Å². The molecule has 25 heavy (non-hydrogen) atoms. The first kappa shape index (κ1) is 16.0. The maximum atomic E-state index is 13.0. The summed E-state index contributed by atoms with van der Waals surface area (Å²) in [6, 6.07) is 5.89. The van der Waals surface area contributed by atoms with E-state index in [4.69, 9.17) is 9.47 Å². The molecule has 1 amide bonds. The van der Waals surface area contributed by atoms with E-state index in [1.54, 1.807) is 12.2 Å². The topological polar surface area (TPSA) is 76.1 Å². The minimum atomic E-state index is -0.935. The van der Waals surface area contributed by atoms with Gasteiger partial charge in [-0.05, 0) is 30.5 Å². The minimum absolute atomic E-state index is 0.0838. The van der Waals surface area contributed by atoms with Crippen LogP contribution >= 0.6 is 0 Å². The highest BCUT2D eigenvalue weighted by Crippen LogP contribution is 2.35. The van der Waals surface area contributed by atoms with Gasteiger partial charge in [0.1, 0.15) is 0 Å². The van der Waals surface area contributed by atoms with E-state index in [-0.39, 0.29) is 18.7 Å². The summed E-state index contributed by atoms with van der Waals surface area (Å²) >= 11 is 0. The van der Waals surface area contributed by atoms with E-state index in [1.165, 1.54) is 0 Å². The molecule has 0 radical (unpaired) electrons. The molecular weight excluding hydrogens is 322 g/mol. The highest BCUT2D eigenvalue weighted by atomic mass is 16.7. The molecule has 2 aliphatic carbocycles. The number of amides is 1. The Bertz CT molecular complexity index is 723. The minimum Gasteiger partial charge on any atom is -0.481 e. The lowest BCUT2D eigenvalue weighted by atomic mass is 9.81. The lowest BCUT2D eigenvalue weighted by Crippen LogP contribution is -2.46. The van der Waals surface area contributed by atoms with Crippen LogP contribution < -0.4 is 9.47 Å². The predicted octanol–water partition coefficient (Wildman–Crippen LogP) is 2.57. The van der Waals surface area contributed by atoms with Crippen molar-refractivity contribution < 1.29 is 24.2 Å². The summed E-state index contributed by atoms with van der Waals surface area (Å²) in [5.41, 5.74) is 0.972. The molecule has 1 N–H and O–H groups in total. The lowest BCUT2D eigenvalue weighted by molar-refractivity contribution is -0.149. The molecule has 0 aromatic heterocycles. The molecule has 1 aromatic carbocycles. The van der Waals surface area contributed by atoms with Crippen LogP contribution in [-0.2, 0) is 16.1 Å². The summed E-state index contributed by atoms with van der Waals surface area (Å²) in [5, 5.41) is 9.24. The summed E-state index contributed by atoms with van der Waals surface area (Å²) < 4.78 is 10.8. The first-order chi connectivity index (χ1) is 12.1. The second-order valence-electron chi connectivity index (χ2n) is 6.87. The summed E-state index contributed by atoms with van der Waals surface area (Å²) in [5.74, 6) is -0.853. The number of carboxylic acids is 1. The average Bonchev–Trinajstić information content (AvgIpc) is 3.21. The molecule has 0 spiro atoms. The van der Waals surface area contributed by atoms with E-state index < -0.39 is 17.8 Å². The summed E-state index contributed by atoms with van der Waals surface area (Å²) in [4.78, 5) is 26.2. The van der Waals surface area contributed by atoms with Crippen LogP contribution in [0.4, 0.5) is 0 Å². The number of hydrogen-bond donors (Lipinski definition) is 1. The molecule has 3 aliphatic rings. The molecule has 1 saturated carbocycles. The van der Waals surface area contributed by atoms with Crippen molar-refractivity contribution in [3.05, 3.63) is 35.9 Å². The van der Waals surface area contributed by atoms with Gasteiger partial charge in [0.15, 0.2) is 11.5 Å². The van der Waals surface area contributed by atoms with Gasteiger partial charge in [-0.25, -0.2) is 0 Å². The molecule has 6 nitrogen and oxygen atoms in total. The first-order valence-corrected chi connectivity index (χ1v) is 8.73. The molecular formula is C19H21NO5. The molecule has 1 heterocycles. The Hall–Kier alpha value is -2.50. The van der Waals surface area contributed by atoms with E-state index in [1.807, 2.05) is 23.1 Å². The van der Waals surface area contributed by atoms with Gasteiger partial charge in [-0.1, -0.05) is 31.1 Å². The first-order valence-electron chi connectivity index (χ1n) is 8.73. The molecule has 0 saturated heterocycles. The number of aliphatic carboxylic acids is 1. The molecule has 2 atom stereocenters. The molecule has 1 fully saturated rings. The van der Waals surface area contributed by atoms with Crippen molar-refractivity contribution >= 4 is 11.9 Å². The zero-order valence-corrected chi connectivity index (χ0v) is 13.9. The number of fused-ring (bicyclic) bond motifs is 1. The Morgan fingerprint density at radius 2 is 1.80 bits per heavy atom. The van der Waals surface area contributed by atoms with Gasteiger partial charge in [0.05, 0.1) is 11.8 Å². The number of ether oxygens (including phenoxy) is 2. The second-order valence-corrected chi connectivity index (χ2v) is 6.87. The Kier molecular flexibility index (Phi) is 4.11. The lowest BCUT2D eigenvalue weighted by Gasteiger charge is -2.35. The van der Waals surface area contributed by atoms with Gasteiger partial charge < -0.3 is 19.5 Å². The Labute approximate surface area is 146 Å². The van der Waals surface area contributed by atoms with Gasteiger partial charge in [0, 0.05) is 12.6 Å². The molecule has 1 aliphatic heterocycles. The van der Waals surface area contributed by atoms with E-state index in [0.29, 0.717) is 12.3 Å². The molecule has 1 aromatic rings. The number of carboxylic acid groups (broad SMARTS) is 1. The van der Waals surface area contributed by atoms with Crippen molar-refractivity contribution in [1.29, 1.82) is 0 Å². The predicted molar refractivity (Wildman–Crippen MR) is 89.1 cm³/mol. The summed E-state index contributed by atoms with van der Waals surface area (Å²) in [7, 11) is 0. The van der Waals surface area contributed by atoms with E-state index in [0.717, 1.165) is 37.0 Å². The standard InChI is InChI=1S/C19H21NO5/c21-18(14-6-7-15(14)19(22)23)20(13-3-1-2-4-13)10-12-5-8-16-17(9-12)25-11-24-16/h5-9,13-15H,1-4,10-11H2,(H,22,23)/t14-,15+/m0/s1. The number of rotatable bonds is 5. The Morgan fingerprint density at radius 1 is 1.08 bits per heavy atom. The smallest absolute Gasteiger partial charge is 0.311 e. The normalized spacial score (nSPS) is 24.2. The Balaban J connectivity index is 1.55. The van der Waals surface area contributed by atoms with Gasteiger partial charge in [0.25, 0.3) is 0 Å². The van der Waals surface area contributed by atoms with Crippen molar-refractivity contribution in [1.82, 2.24) is 4.90 Å². The van der Waals surface area contributed by atoms with Crippen LogP contribution in [0.5, 0.6) is 11.5 Å². The van der Waals surface area contributed by atoms with Gasteiger partial charge in [0.2, 0.25) is 12.7 Å². The average molecular weight is 343 g/mol. The fraction of sp³-hybridized carbons (Fsp3) is 0.474. The zero-order valence-electron chi connectivity index (χ0n) is 13.9. The van der Waals surface area contributed by atoms with Crippen molar-refractivity contribution in [3.63, 3.8) is 0 Å². The van der Waals surface area contributed by atoms with Gasteiger partial charge >= 0.3 is 5.97 Å². The molecule has 0 unspecified atom stereocenters. The highest BCUT2D eigenvalue weighted by Gasteiger charge is 2.40. The van der Waals surface area contributed by atoms with Crippen molar-refractivity contribution in [3.8, 4) is 11.5 Å². The van der Waals surface area contributed by atoms with Crippen LogP contribution in [0.1, 0.15) is 31.2 Å². The number of carbonyl (C=O) groups is 2. The SMILES string of the molecule is O=C(O)[C@@H]1C=C[C@@H]1C(=O)N(Cc1ccc2c(c1)OCO2)C1CCCC1. The van der Waals surface area contributed by atoms with Crippen LogP contribution in [-0.4, -0.2) is 34.7 Å². The maximum absolute atomic E-state index is 13.0. The third kappa shape index (κ3) is 2.97. The monoisotopic (exact) mass is 343 g/mol. The van der Waals surface area contributed by atoms with Crippen LogP contribution in [0.25, 0.3) is 0 Å². The summed E-state index contributed by atoms with van der Waals surface area (Å²) in [6.07, 6.45) is 7.48. The highest BCUT2D eigenvalue weighted by molar-refractivity contribution is 5.90. The summed E-state index contributed by atoms with van der Waals surface area (Å²) in [6.45, 7) is 0.689. The third-order valence-corrected chi connectivity index (χ3v) is 5.32. The molecule has 6 heteroatoms. The fourth-order valence-electron chi connectivity index (χ4n) is 3.84. The van der Waals surface area contributed by atoms with Crippen LogP contribution in [0.15, 0.2) is 30.4 Å². The van der Waals surface area contributed by atoms with Crippen molar-refractivity contribution in [2.75, 3.05) is 6.79 Å². The fourth-order valence-corrected chi connectivity index (χ4v) is 3.84. The number of benzene rings is 1. The molecule has 0 bridgehead atoms. The van der Waals surface area contributed by atoms with Crippen molar-refractivity contribution in [2.45, 2.75) is 38.3 Å². The molecule has 132 valence electrons. The quantitative estimate of drug-likeness (QED) is 0.832. The number of carbonyl (C=O) groups excluding carboxylic acids is 1. The van der Waals surface area contributed by atoms with Crippen molar-refractivity contribution in [2.24, 2.45) is 11.8 Å². The largest absolute Gasteiger partial charge is 0.481 e. The zero-order chi connectivity index (χ0) is 17.4. The van der Waals surface area contributed by atoms with Crippen LogP contribution in [0, 0.1) is 11.8 Å². The van der Waals surface area contributed by atoms with Crippen LogP contribution in [0.2, 0.25) is 0 Å². The van der Waals surface area contributed by atoms with Gasteiger partial charge in [-0.3, -0.25) is 9.59 Å². The maximum Gasteiger partial charge on any atom is 0.311 e. The van der Waals surface area contributed by atoms with Crippen LogP contribution in [0.3, 0.4) is 0 Å². The van der Waals surface area contributed by atoms with Gasteiger partial charge in [-0.2, -0.15) is 0 Å². The molecule has 4 rings (SSSR count). The number of nitrogens with zero attached hydrogens (tertiary/aromatic N) is 1. The van der Waals surface area contributed by atoms with E-state index >= 15 is 0 Å². The van der Waals surface area contributed by atoms with E-state index in [2.05, 4.69) is 0 Å². The second kappa shape index (κ2) is 6.43. The Morgan fingerprint density at radius 3 is 2.48 bits per heavy atom. The van der Waals surface area contributed by atoms with Gasteiger partial charge in [-0.15, -0.1) is 0 Å². The number of hydrogen-bond acceptors (Lipinski definition) is 4.